The minimum atomic E-state index is -0.633. The smallest absolute Gasteiger partial charge is 0.243 e. The molecule has 6 nitrogen and oxygen atoms in total. The number of hydrogen-bond donors (Lipinski definition) is 3. The minimum absolute atomic E-state index is 0.0479. The number of anilines is 1. The van der Waals surface area contributed by atoms with Crippen molar-refractivity contribution in [1.82, 2.24) is 10.6 Å². The Kier molecular flexibility index (Phi) is 6.59. The average Bonchev–Trinajstić information content (AvgIpc) is 2.74. The summed E-state index contributed by atoms with van der Waals surface area (Å²) in [6.07, 6.45) is 7.54. The number of benzene rings is 1. The van der Waals surface area contributed by atoms with E-state index >= 15 is 0 Å². The lowest BCUT2D eigenvalue weighted by atomic mass is 9.49. The van der Waals surface area contributed by atoms with Gasteiger partial charge in [0, 0.05) is 11.1 Å². The Labute approximate surface area is 191 Å². The number of nitrogens with one attached hydrogen (secondary N) is 3. The van der Waals surface area contributed by atoms with Crippen LogP contribution in [0.1, 0.15) is 64.9 Å². The van der Waals surface area contributed by atoms with Gasteiger partial charge >= 0.3 is 0 Å². The van der Waals surface area contributed by atoms with E-state index in [2.05, 4.69) is 16.0 Å². The molecule has 32 heavy (non-hydrogen) atoms. The second-order valence-electron chi connectivity index (χ2n) is 10.7. The van der Waals surface area contributed by atoms with E-state index in [9.17, 15) is 14.4 Å². The van der Waals surface area contributed by atoms with Gasteiger partial charge in [-0.25, -0.2) is 0 Å². The third kappa shape index (κ3) is 4.69. The number of carbonyl (C=O) groups is 3. The molecular weight excluding hydrogens is 402 g/mol. The first-order valence-corrected chi connectivity index (χ1v) is 12.3. The standard InChI is InChI=1S/C26H37N3O3/c1-4-20-7-5-6-8-21(20)28-22(30)15-27-24(31)23(16(2)3)29-25(32)26-12-17-9-18(13-26)11-19(10-17)14-26/h5-8,16-19,23H,4,9-15H2,1-3H3,(H,27,31)(H,28,30)(H,29,32)/t17?,18?,19?,23-,26?/m0/s1. The van der Waals surface area contributed by atoms with Crippen molar-refractivity contribution in [2.45, 2.75) is 71.8 Å². The summed E-state index contributed by atoms with van der Waals surface area (Å²) in [5.41, 5.74) is 1.53. The van der Waals surface area contributed by atoms with Crippen LogP contribution in [0.15, 0.2) is 24.3 Å². The van der Waals surface area contributed by atoms with Gasteiger partial charge in [-0.15, -0.1) is 0 Å². The van der Waals surface area contributed by atoms with Crippen molar-refractivity contribution in [3.05, 3.63) is 29.8 Å². The quantitative estimate of drug-likeness (QED) is 0.578. The number of carbonyl (C=O) groups excluding carboxylic acids is 3. The highest BCUT2D eigenvalue weighted by Gasteiger charge is 2.55. The summed E-state index contributed by atoms with van der Waals surface area (Å²) < 4.78 is 0. The van der Waals surface area contributed by atoms with E-state index in [1.807, 2.05) is 45.0 Å². The fourth-order valence-electron chi connectivity index (χ4n) is 6.64. The van der Waals surface area contributed by atoms with E-state index in [-0.39, 0.29) is 35.6 Å². The molecule has 3 N–H and O–H groups in total. The van der Waals surface area contributed by atoms with Crippen LogP contribution in [0.3, 0.4) is 0 Å². The fraction of sp³-hybridized carbons (Fsp3) is 0.654. The molecule has 4 fully saturated rings. The van der Waals surface area contributed by atoms with Crippen molar-refractivity contribution in [3.8, 4) is 0 Å². The highest BCUT2D eigenvalue weighted by atomic mass is 16.2. The van der Waals surface area contributed by atoms with Crippen LogP contribution in [0.4, 0.5) is 5.69 Å². The largest absolute Gasteiger partial charge is 0.345 e. The molecule has 1 atom stereocenters. The zero-order valence-corrected chi connectivity index (χ0v) is 19.6. The van der Waals surface area contributed by atoms with E-state index in [4.69, 9.17) is 0 Å². The zero-order chi connectivity index (χ0) is 22.9. The fourth-order valence-corrected chi connectivity index (χ4v) is 6.64. The Bertz CT molecular complexity index is 844. The Hall–Kier alpha value is -2.37. The first-order chi connectivity index (χ1) is 15.3. The predicted octanol–water partition coefficient (Wildman–Crippen LogP) is 3.66. The molecule has 4 bridgehead atoms. The van der Waals surface area contributed by atoms with Gasteiger partial charge < -0.3 is 16.0 Å². The number of hydrogen-bond acceptors (Lipinski definition) is 3. The molecule has 3 amide bonds. The maximum Gasteiger partial charge on any atom is 0.243 e. The van der Waals surface area contributed by atoms with Crippen molar-refractivity contribution < 1.29 is 14.4 Å². The molecule has 1 aromatic carbocycles. The van der Waals surface area contributed by atoms with Crippen molar-refractivity contribution >= 4 is 23.4 Å². The normalized spacial score (nSPS) is 28.9. The molecule has 0 aromatic heterocycles. The molecule has 0 spiro atoms. The summed E-state index contributed by atoms with van der Waals surface area (Å²) in [7, 11) is 0. The Morgan fingerprint density at radius 3 is 2.16 bits per heavy atom. The molecule has 4 aliphatic rings. The summed E-state index contributed by atoms with van der Waals surface area (Å²) in [6.45, 7) is 5.78. The van der Waals surface area contributed by atoms with Gasteiger partial charge in [-0.3, -0.25) is 14.4 Å². The molecule has 4 saturated carbocycles. The van der Waals surface area contributed by atoms with Gasteiger partial charge in [0.1, 0.15) is 6.04 Å². The second kappa shape index (κ2) is 9.24. The summed E-state index contributed by atoms with van der Waals surface area (Å²) in [5, 5.41) is 8.69. The number of aryl methyl sites for hydroxylation is 1. The van der Waals surface area contributed by atoms with Crippen LogP contribution in [0.5, 0.6) is 0 Å². The Morgan fingerprint density at radius 2 is 1.59 bits per heavy atom. The molecule has 0 heterocycles. The highest BCUT2D eigenvalue weighted by Crippen LogP contribution is 2.60. The van der Waals surface area contributed by atoms with Crippen molar-refractivity contribution in [2.24, 2.45) is 29.1 Å². The Balaban J connectivity index is 1.34. The van der Waals surface area contributed by atoms with Gasteiger partial charge in [0.15, 0.2) is 0 Å². The summed E-state index contributed by atoms with van der Waals surface area (Å²) in [6, 6.07) is 7.02. The molecule has 1 aromatic rings. The Morgan fingerprint density at radius 1 is 1.00 bits per heavy atom. The monoisotopic (exact) mass is 439 g/mol. The number of amides is 3. The van der Waals surface area contributed by atoms with Gasteiger partial charge in [0.05, 0.1) is 6.54 Å². The molecule has 4 aliphatic carbocycles. The average molecular weight is 440 g/mol. The van der Waals surface area contributed by atoms with Crippen LogP contribution in [-0.4, -0.2) is 30.3 Å². The molecule has 0 unspecified atom stereocenters. The van der Waals surface area contributed by atoms with Crippen molar-refractivity contribution in [3.63, 3.8) is 0 Å². The van der Waals surface area contributed by atoms with E-state index in [1.54, 1.807) is 0 Å². The third-order valence-electron chi connectivity index (χ3n) is 7.85. The van der Waals surface area contributed by atoms with E-state index in [0.717, 1.165) is 36.9 Å². The molecule has 0 saturated heterocycles. The van der Waals surface area contributed by atoms with E-state index in [0.29, 0.717) is 17.8 Å². The zero-order valence-electron chi connectivity index (χ0n) is 19.6. The lowest BCUT2D eigenvalue weighted by molar-refractivity contribution is -0.149. The lowest BCUT2D eigenvalue weighted by Gasteiger charge is -2.55. The highest BCUT2D eigenvalue weighted by molar-refractivity contribution is 5.97. The molecule has 0 aliphatic heterocycles. The molecule has 5 rings (SSSR count). The van der Waals surface area contributed by atoms with Crippen molar-refractivity contribution in [1.29, 1.82) is 0 Å². The van der Waals surface area contributed by atoms with Crippen LogP contribution in [0.25, 0.3) is 0 Å². The van der Waals surface area contributed by atoms with Crippen LogP contribution >= 0.6 is 0 Å². The molecule has 6 heteroatoms. The SMILES string of the molecule is CCc1ccccc1NC(=O)CNC(=O)[C@@H](NC(=O)C12CC3CC(CC(C3)C1)C2)C(C)C. The van der Waals surface area contributed by atoms with Crippen LogP contribution < -0.4 is 16.0 Å². The maximum atomic E-state index is 13.4. The second-order valence-corrected chi connectivity index (χ2v) is 10.7. The summed E-state index contributed by atoms with van der Waals surface area (Å²) in [5.74, 6) is 1.45. The molecular formula is C26H37N3O3. The molecule has 174 valence electrons. The van der Waals surface area contributed by atoms with Crippen LogP contribution in [0.2, 0.25) is 0 Å². The van der Waals surface area contributed by atoms with Crippen LogP contribution in [0, 0.1) is 29.1 Å². The first-order valence-electron chi connectivity index (χ1n) is 12.3. The minimum Gasteiger partial charge on any atom is -0.345 e. The number of para-hydroxylation sites is 1. The summed E-state index contributed by atoms with van der Waals surface area (Å²) in [4.78, 5) is 38.7. The van der Waals surface area contributed by atoms with Gasteiger partial charge in [0.2, 0.25) is 17.7 Å². The van der Waals surface area contributed by atoms with Gasteiger partial charge in [-0.2, -0.15) is 0 Å². The first kappa shape index (κ1) is 22.8. The van der Waals surface area contributed by atoms with Crippen LogP contribution in [-0.2, 0) is 20.8 Å². The lowest BCUT2D eigenvalue weighted by Crippen LogP contribution is -2.58. The van der Waals surface area contributed by atoms with E-state index in [1.165, 1.54) is 19.3 Å². The predicted molar refractivity (Wildman–Crippen MR) is 125 cm³/mol. The summed E-state index contributed by atoms with van der Waals surface area (Å²) >= 11 is 0. The number of rotatable bonds is 8. The van der Waals surface area contributed by atoms with Crippen molar-refractivity contribution in [2.75, 3.05) is 11.9 Å². The maximum absolute atomic E-state index is 13.4. The van der Waals surface area contributed by atoms with E-state index < -0.39 is 6.04 Å². The van der Waals surface area contributed by atoms with Gasteiger partial charge in [0.25, 0.3) is 0 Å². The third-order valence-corrected chi connectivity index (χ3v) is 7.85. The topological polar surface area (TPSA) is 87.3 Å². The van der Waals surface area contributed by atoms with Gasteiger partial charge in [-0.05, 0) is 80.2 Å². The molecule has 0 radical (unpaired) electrons. The van der Waals surface area contributed by atoms with Gasteiger partial charge in [-0.1, -0.05) is 39.0 Å².